The van der Waals surface area contributed by atoms with Crippen LogP contribution in [-0.2, 0) is 6.42 Å². The van der Waals surface area contributed by atoms with Crippen LogP contribution in [0.3, 0.4) is 0 Å². The smallest absolute Gasteiger partial charge is 0.108 e. The number of nitrogens with one attached hydrogen (secondary N) is 1. The van der Waals surface area contributed by atoms with E-state index < -0.39 is 0 Å². The summed E-state index contributed by atoms with van der Waals surface area (Å²) in [4.78, 5) is 0. The van der Waals surface area contributed by atoms with E-state index in [1.807, 2.05) is 0 Å². The molecule has 2 rings (SSSR count). The molecule has 0 spiro atoms. The van der Waals surface area contributed by atoms with Crippen LogP contribution in [0.25, 0.3) is 0 Å². The fourth-order valence-corrected chi connectivity index (χ4v) is 2.24. The second-order valence-electron chi connectivity index (χ2n) is 4.20. The first-order valence-electron chi connectivity index (χ1n) is 5.78. The molecular formula is C12H19NO2. The first-order valence-corrected chi connectivity index (χ1v) is 5.78. The van der Waals surface area contributed by atoms with Gasteiger partial charge in [-0.3, -0.25) is 0 Å². The van der Waals surface area contributed by atoms with Crippen molar-refractivity contribution in [2.24, 2.45) is 0 Å². The van der Waals surface area contributed by atoms with E-state index in [1.54, 1.807) is 6.26 Å². The fourth-order valence-electron chi connectivity index (χ4n) is 2.24. The highest BCUT2D eigenvalue weighted by Crippen LogP contribution is 2.30. The molecular weight excluding hydrogens is 190 g/mol. The van der Waals surface area contributed by atoms with Crippen molar-refractivity contribution in [1.29, 1.82) is 0 Å². The molecule has 2 atom stereocenters. The van der Waals surface area contributed by atoms with Gasteiger partial charge in [0.05, 0.1) is 12.9 Å². The van der Waals surface area contributed by atoms with E-state index in [9.17, 15) is 0 Å². The maximum atomic E-state index is 9.17. The van der Waals surface area contributed by atoms with Crippen molar-refractivity contribution in [2.45, 2.75) is 44.7 Å². The van der Waals surface area contributed by atoms with E-state index in [-0.39, 0.29) is 12.6 Å². The standard InChI is InChI=1S/C12H19NO2/c1-2-9(8-14)13-11-4-3-5-12-10(11)6-7-15-12/h6-7,9,11,13-14H,2-5,8H2,1H3. The minimum atomic E-state index is 0.204. The molecule has 0 saturated carbocycles. The predicted octanol–water partition coefficient (Wildman–Crippen LogP) is 2.02. The molecule has 1 aliphatic rings. The summed E-state index contributed by atoms with van der Waals surface area (Å²) in [7, 11) is 0. The van der Waals surface area contributed by atoms with Gasteiger partial charge in [-0.25, -0.2) is 0 Å². The average Bonchev–Trinajstić information content (AvgIpc) is 2.74. The Morgan fingerprint density at radius 3 is 3.27 bits per heavy atom. The second kappa shape index (κ2) is 4.81. The van der Waals surface area contributed by atoms with Crippen LogP contribution in [0.5, 0.6) is 0 Å². The van der Waals surface area contributed by atoms with E-state index in [1.165, 1.54) is 12.0 Å². The Hall–Kier alpha value is -0.800. The van der Waals surface area contributed by atoms with E-state index in [0.29, 0.717) is 6.04 Å². The van der Waals surface area contributed by atoms with Gasteiger partial charge in [0.1, 0.15) is 5.76 Å². The van der Waals surface area contributed by atoms with Crippen molar-refractivity contribution in [3.8, 4) is 0 Å². The maximum Gasteiger partial charge on any atom is 0.108 e. The zero-order chi connectivity index (χ0) is 10.7. The lowest BCUT2D eigenvalue weighted by atomic mass is 9.92. The second-order valence-corrected chi connectivity index (χ2v) is 4.20. The van der Waals surface area contributed by atoms with Gasteiger partial charge in [0.15, 0.2) is 0 Å². The van der Waals surface area contributed by atoms with Crippen LogP contribution in [0.15, 0.2) is 16.7 Å². The van der Waals surface area contributed by atoms with Gasteiger partial charge in [-0.05, 0) is 25.3 Å². The van der Waals surface area contributed by atoms with Gasteiger partial charge in [0, 0.05) is 24.1 Å². The molecule has 0 bridgehead atoms. The van der Waals surface area contributed by atoms with Gasteiger partial charge < -0.3 is 14.8 Å². The molecule has 0 aromatic carbocycles. The Bertz CT molecular complexity index is 304. The number of aryl methyl sites for hydroxylation is 1. The predicted molar refractivity (Wildman–Crippen MR) is 58.7 cm³/mol. The average molecular weight is 209 g/mol. The number of hydrogen-bond acceptors (Lipinski definition) is 3. The number of aliphatic hydroxyl groups excluding tert-OH is 1. The molecule has 0 aliphatic heterocycles. The van der Waals surface area contributed by atoms with Crippen LogP contribution in [0.1, 0.15) is 43.6 Å². The normalized spacial score (nSPS) is 22.4. The van der Waals surface area contributed by atoms with E-state index >= 15 is 0 Å². The third-order valence-electron chi connectivity index (χ3n) is 3.20. The van der Waals surface area contributed by atoms with Gasteiger partial charge >= 0.3 is 0 Å². The fraction of sp³-hybridized carbons (Fsp3) is 0.667. The first kappa shape index (κ1) is 10.7. The summed E-state index contributed by atoms with van der Waals surface area (Å²) in [5.74, 6) is 1.12. The molecule has 2 N–H and O–H groups in total. The minimum absolute atomic E-state index is 0.204. The van der Waals surface area contributed by atoms with Crippen molar-refractivity contribution in [2.75, 3.05) is 6.61 Å². The molecule has 0 saturated heterocycles. The minimum Gasteiger partial charge on any atom is -0.469 e. The molecule has 84 valence electrons. The maximum absolute atomic E-state index is 9.17. The van der Waals surface area contributed by atoms with Gasteiger partial charge in [-0.15, -0.1) is 0 Å². The summed E-state index contributed by atoms with van der Waals surface area (Å²) in [6, 6.07) is 2.62. The quantitative estimate of drug-likeness (QED) is 0.797. The summed E-state index contributed by atoms with van der Waals surface area (Å²) in [5.41, 5.74) is 1.29. The Balaban J connectivity index is 2.06. The molecule has 0 radical (unpaired) electrons. The van der Waals surface area contributed by atoms with Crippen molar-refractivity contribution in [1.82, 2.24) is 5.32 Å². The third kappa shape index (κ3) is 2.24. The first-order chi connectivity index (χ1) is 7.35. The number of aliphatic hydroxyl groups is 1. The zero-order valence-electron chi connectivity index (χ0n) is 9.20. The molecule has 15 heavy (non-hydrogen) atoms. The van der Waals surface area contributed by atoms with E-state index in [4.69, 9.17) is 9.52 Å². The third-order valence-corrected chi connectivity index (χ3v) is 3.20. The molecule has 1 aromatic rings. The highest BCUT2D eigenvalue weighted by Gasteiger charge is 2.23. The SMILES string of the molecule is CCC(CO)NC1CCCc2occc21. The lowest BCUT2D eigenvalue weighted by Gasteiger charge is -2.26. The van der Waals surface area contributed by atoms with Gasteiger partial charge in [0.25, 0.3) is 0 Å². The summed E-state index contributed by atoms with van der Waals surface area (Å²) in [5, 5.41) is 12.7. The van der Waals surface area contributed by atoms with Crippen molar-refractivity contribution >= 4 is 0 Å². The molecule has 1 aliphatic carbocycles. The lowest BCUT2D eigenvalue weighted by molar-refractivity contribution is 0.222. The van der Waals surface area contributed by atoms with Crippen LogP contribution in [0, 0.1) is 0 Å². The van der Waals surface area contributed by atoms with Crippen molar-refractivity contribution in [3.63, 3.8) is 0 Å². The number of hydrogen-bond donors (Lipinski definition) is 2. The van der Waals surface area contributed by atoms with Crippen LogP contribution >= 0.6 is 0 Å². The molecule has 0 amide bonds. The molecule has 3 heteroatoms. The van der Waals surface area contributed by atoms with E-state index in [2.05, 4.69) is 18.3 Å². The summed E-state index contributed by atoms with van der Waals surface area (Å²) in [6.45, 7) is 2.30. The summed E-state index contributed by atoms with van der Waals surface area (Å²) >= 11 is 0. The number of rotatable bonds is 4. The summed E-state index contributed by atoms with van der Waals surface area (Å²) in [6.07, 6.45) is 6.09. The number of furan rings is 1. The highest BCUT2D eigenvalue weighted by molar-refractivity contribution is 5.24. The van der Waals surface area contributed by atoms with Gasteiger partial charge in [-0.1, -0.05) is 6.92 Å². The van der Waals surface area contributed by atoms with E-state index in [0.717, 1.165) is 25.0 Å². The molecule has 0 fully saturated rings. The Kier molecular flexibility index (Phi) is 3.44. The highest BCUT2D eigenvalue weighted by atomic mass is 16.3. The molecule has 1 heterocycles. The van der Waals surface area contributed by atoms with Crippen molar-refractivity contribution < 1.29 is 9.52 Å². The molecule has 2 unspecified atom stereocenters. The zero-order valence-corrected chi connectivity index (χ0v) is 9.20. The Morgan fingerprint density at radius 2 is 2.53 bits per heavy atom. The van der Waals surface area contributed by atoms with Crippen molar-refractivity contribution in [3.05, 3.63) is 23.7 Å². The largest absolute Gasteiger partial charge is 0.469 e. The van der Waals surface area contributed by atoms with Crippen LogP contribution in [-0.4, -0.2) is 17.8 Å². The van der Waals surface area contributed by atoms with Crippen LogP contribution < -0.4 is 5.32 Å². The summed E-state index contributed by atoms with van der Waals surface area (Å²) < 4.78 is 5.43. The number of fused-ring (bicyclic) bond motifs is 1. The lowest BCUT2D eigenvalue weighted by Crippen LogP contribution is -2.36. The molecule has 1 aromatic heterocycles. The van der Waals surface area contributed by atoms with Gasteiger partial charge in [-0.2, -0.15) is 0 Å². The topological polar surface area (TPSA) is 45.4 Å². The van der Waals surface area contributed by atoms with Crippen LogP contribution in [0.2, 0.25) is 0 Å². The van der Waals surface area contributed by atoms with Crippen LogP contribution in [0.4, 0.5) is 0 Å². The Labute approximate surface area is 90.5 Å². The monoisotopic (exact) mass is 209 g/mol. The van der Waals surface area contributed by atoms with Gasteiger partial charge in [0.2, 0.25) is 0 Å². The Morgan fingerprint density at radius 1 is 1.67 bits per heavy atom. The molecule has 3 nitrogen and oxygen atoms in total.